The molecule has 1 atom stereocenters. The first-order valence-corrected chi connectivity index (χ1v) is 6.68. The van der Waals surface area contributed by atoms with Crippen LogP contribution >= 0.6 is 0 Å². The molecule has 112 valence electrons. The molecule has 3 nitrogen and oxygen atoms in total. The van der Waals surface area contributed by atoms with Gasteiger partial charge in [0.2, 0.25) is 0 Å². The molecule has 0 aliphatic rings. The molecular weight excluding hydrogens is 279 g/mol. The normalized spacial score (nSPS) is 13.1. The predicted molar refractivity (Wildman–Crippen MR) is 73.6 cm³/mol. The molecular formula is C15H16F3N3. The Kier molecular flexibility index (Phi) is 4.90. The Bertz CT molecular complexity index is 570. The van der Waals surface area contributed by atoms with Gasteiger partial charge in [0.15, 0.2) is 0 Å². The third-order valence-electron chi connectivity index (χ3n) is 3.09. The quantitative estimate of drug-likeness (QED) is 0.916. The molecule has 0 bridgehead atoms. The number of hydrogen-bond acceptors (Lipinski definition) is 3. The Hall–Kier alpha value is -1.95. The molecule has 0 aliphatic heterocycles. The third kappa shape index (κ3) is 3.78. The number of benzene rings is 1. The van der Waals surface area contributed by atoms with Crippen molar-refractivity contribution in [2.45, 2.75) is 25.6 Å². The van der Waals surface area contributed by atoms with Crippen molar-refractivity contribution in [1.82, 2.24) is 15.3 Å². The summed E-state index contributed by atoms with van der Waals surface area (Å²) >= 11 is 0. The number of alkyl halides is 3. The average Bonchev–Trinajstić information content (AvgIpc) is 2.48. The van der Waals surface area contributed by atoms with Gasteiger partial charge >= 0.3 is 6.18 Å². The van der Waals surface area contributed by atoms with E-state index in [0.29, 0.717) is 12.1 Å². The van der Waals surface area contributed by atoms with E-state index in [0.717, 1.165) is 12.5 Å². The monoisotopic (exact) mass is 295 g/mol. The summed E-state index contributed by atoms with van der Waals surface area (Å²) in [6.45, 7) is 2.56. The molecule has 0 aliphatic carbocycles. The van der Waals surface area contributed by atoms with Gasteiger partial charge in [-0.15, -0.1) is 0 Å². The van der Waals surface area contributed by atoms with Gasteiger partial charge in [0.1, 0.15) is 6.33 Å². The van der Waals surface area contributed by atoms with Crippen LogP contribution in [0.25, 0.3) is 0 Å². The molecule has 0 spiro atoms. The van der Waals surface area contributed by atoms with Crippen LogP contribution in [0.1, 0.15) is 36.1 Å². The van der Waals surface area contributed by atoms with Crippen molar-refractivity contribution in [3.05, 3.63) is 59.7 Å². The number of nitrogens with zero attached hydrogens (tertiary/aromatic N) is 2. The van der Waals surface area contributed by atoms with Gasteiger partial charge in [0, 0.05) is 18.0 Å². The fourth-order valence-electron chi connectivity index (χ4n) is 2.16. The molecule has 21 heavy (non-hydrogen) atoms. The van der Waals surface area contributed by atoms with Crippen molar-refractivity contribution >= 4 is 0 Å². The van der Waals surface area contributed by atoms with E-state index < -0.39 is 17.8 Å². The van der Waals surface area contributed by atoms with Crippen LogP contribution in [0.15, 0.2) is 43.0 Å². The maximum absolute atomic E-state index is 13.2. The zero-order valence-corrected chi connectivity index (χ0v) is 11.6. The molecule has 0 saturated carbocycles. The van der Waals surface area contributed by atoms with Crippen molar-refractivity contribution < 1.29 is 13.2 Å². The Balaban J connectivity index is 2.47. The zero-order valence-electron chi connectivity index (χ0n) is 11.6. The van der Waals surface area contributed by atoms with Crippen LogP contribution in [0, 0.1) is 0 Å². The van der Waals surface area contributed by atoms with Gasteiger partial charge in [-0.1, -0.05) is 25.1 Å². The van der Waals surface area contributed by atoms with E-state index >= 15 is 0 Å². The SMILES string of the molecule is CCCNC(c1cncnc1)c1ccccc1C(F)(F)F. The minimum atomic E-state index is -4.39. The summed E-state index contributed by atoms with van der Waals surface area (Å²) in [6.07, 6.45) is 0.855. The Morgan fingerprint density at radius 2 is 1.81 bits per heavy atom. The first kappa shape index (κ1) is 15.4. The first-order chi connectivity index (χ1) is 10.0. The average molecular weight is 295 g/mol. The number of hydrogen-bond donors (Lipinski definition) is 1. The van der Waals surface area contributed by atoms with E-state index in [1.807, 2.05) is 6.92 Å². The van der Waals surface area contributed by atoms with Crippen molar-refractivity contribution in [2.75, 3.05) is 6.54 Å². The lowest BCUT2D eigenvalue weighted by Crippen LogP contribution is -2.26. The predicted octanol–water partition coefficient (Wildman–Crippen LogP) is 3.58. The fraction of sp³-hybridized carbons (Fsp3) is 0.333. The number of rotatable bonds is 5. The summed E-state index contributed by atoms with van der Waals surface area (Å²) in [6, 6.07) is 5.01. The van der Waals surface area contributed by atoms with Gasteiger partial charge in [-0.3, -0.25) is 0 Å². The lowest BCUT2D eigenvalue weighted by molar-refractivity contribution is -0.138. The second-order valence-corrected chi connectivity index (χ2v) is 4.64. The van der Waals surface area contributed by atoms with Crippen LogP contribution in [0.4, 0.5) is 13.2 Å². The Morgan fingerprint density at radius 3 is 2.43 bits per heavy atom. The number of halogens is 3. The van der Waals surface area contributed by atoms with Gasteiger partial charge in [0.25, 0.3) is 0 Å². The number of nitrogens with one attached hydrogen (secondary N) is 1. The molecule has 1 N–H and O–H groups in total. The minimum absolute atomic E-state index is 0.188. The second kappa shape index (κ2) is 6.67. The van der Waals surface area contributed by atoms with E-state index in [1.54, 1.807) is 6.07 Å². The molecule has 2 aromatic rings. The lowest BCUT2D eigenvalue weighted by atomic mass is 9.95. The van der Waals surface area contributed by atoms with Gasteiger partial charge in [-0.2, -0.15) is 13.2 Å². The number of aromatic nitrogens is 2. The molecule has 1 aromatic heterocycles. The first-order valence-electron chi connectivity index (χ1n) is 6.68. The molecule has 1 heterocycles. The van der Waals surface area contributed by atoms with E-state index in [4.69, 9.17) is 0 Å². The minimum Gasteiger partial charge on any atom is -0.306 e. The summed E-state index contributed by atoms with van der Waals surface area (Å²) in [5.41, 5.74) is 0.165. The molecule has 1 unspecified atom stereocenters. The van der Waals surface area contributed by atoms with Crippen LogP contribution < -0.4 is 5.32 Å². The largest absolute Gasteiger partial charge is 0.416 e. The van der Waals surface area contributed by atoms with E-state index in [2.05, 4.69) is 15.3 Å². The van der Waals surface area contributed by atoms with E-state index in [9.17, 15) is 13.2 Å². The second-order valence-electron chi connectivity index (χ2n) is 4.64. The maximum atomic E-state index is 13.2. The van der Waals surface area contributed by atoms with Crippen molar-refractivity contribution in [3.8, 4) is 0 Å². The summed E-state index contributed by atoms with van der Waals surface area (Å²) < 4.78 is 39.6. The molecule has 6 heteroatoms. The molecule has 0 saturated heterocycles. The standard InChI is InChI=1S/C15H16F3N3/c1-2-7-21-14(11-8-19-10-20-9-11)12-5-3-4-6-13(12)15(16,17)18/h3-6,8-10,14,21H,2,7H2,1H3. The van der Waals surface area contributed by atoms with Crippen LogP contribution in [-0.4, -0.2) is 16.5 Å². The maximum Gasteiger partial charge on any atom is 0.416 e. The Labute approximate surface area is 121 Å². The van der Waals surface area contributed by atoms with Crippen LogP contribution in [0.3, 0.4) is 0 Å². The van der Waals surface area contributed by atoms with Crippen molar-refractivity contribution in [3.63, 3.8) is 0 Å². The van der Waals surface area contributed by atoms with E-state index in [1.165, 1.54) is 30.9 Å². The summed E-state index contributed by atoms with van der Waals surface area (Å²) in [4.78, 5) is 7.80. The van der Waals surface area contributed by atoms with Crippen LogP contribution in [-0.2, 0) is 6.18 Å². The van der Waals surface area contributed by atoms with Crippen molar-refractivity contribution in [2.24, 2.45) is 0 Å². The van der Waals surface area contributed by atoms with Crippen LogP contribution in [0.2, 0.25) is 0 Å². The fourth-order valence-corrected chi connectivity index (χ4v) is 2.16. The molecule has 1 aromatic carbocycles. The topological polar surface area (TPSA) is 37.8 Å². The summed E-state index contributed by atoms with van der Waals surface area (Å²) in [7, 11) is 0. The van der Waals surface area contributed by atoms with Crippen molar-refractivity contribution in [1.29, 1.82) is 0 Å². The lowest BCUT2D eigenvalue weighted by Gasteiger charge is -2.22. The summed E-state index contributed by atoms with van der Waals surface area (Å²) in [5, 5.41) is 3.13. The highest BCUT2D eigenvalue weighted by molar-refractivity contribution is 5.37. The molecule has 0 radical (unpaired) electrons. The molecule has 0 fully saturated rings. The smallest absolute Gasteiger partial charge is 0.306 e. The third-order valence-corrected chi connectivity index (χ3v) is 3.09. The summed E-state index contributed by atoms with van der Waals surface area (Å²) in [5.74, 6) is 0. The van der Waals surface area contributed by atoms with E-state index in [-0.39, 0.29) is 5.56 Å². The molecule has 2 rings (SSSR count). The highest BCUT2D eigenvalue weighted by Gasteiger charge is 2.35. The van der Waals surface area contributed by atoms with Gasteiger partial charge in [0.05, 0.1) is 11.6 Å². The van der Waals surface area contributed by atoms with Gasteiger partial charge in [-0.25, -0.2) is 9.97 Å². The highest BCUT2D eigenvalue weighted by Crippen LogP contribution is 2.36. The van der Waals surface area contributed by atoms with Gasteiger partial charge < -0.3 is 5.32 Å². The van der Waals surface area contributed by atoms with Crippen LogP contribution in [0.5, 0.6) is 0 Å². The van der Waals surface area contributed by atoms with Gasteiger partial charge in [-0.05, 0) is 24.6 Å². The molecule has 0 amide bonds. The zero-order chi connectivity index (χ0) is 15.3. The Morgan fingerprint density at radius 1 is 1.14 bits per heavy atom. The highest BCUT2D eigenvalue weighted by atomic mass is 19.4.